The van der Waals surface area contributed by atoms with E-state index in [1.54, 1.807) is 0 Å². The molecule has 4 rings (SSSR count). The van der Waals surface area contributed by atoms with Crippen LogP contribution in [0.5, 0.6) is 0 Å². The molecular weight excluding hydrogens is 362 g/mol. The van der Waals surface area contributed by atoms with Crippen molar-refractivity contribution in [3.63, 3.8) is 0 Å². The highest BCUT2D eigenvalue weighted by atomic mass is 16.4. The van der Waals surface area contributed by atoms with Crippen LogP contribution in [0.25, 0.3) is 11.4 Å². The summed E-state index contributed by atoms with van der Waals surface area (Å²) in [6.07, 6.45) is 4.56. The Bertz CT molecular complexity index is 996. The predicted molar refractivity (Wildman–Crippen MR) is 114 cm³/mol. The molecule has 2 heterocycles. The molecule has 0 saturated carbocycles. The van der Waals surface area contributed by atoms with Crippen molar-refractivity contribution in [2.45, 2.75) is 26.2 Å². The van der Waals surface area contributed by atoms with E-state index in [0.29, 0.717) is 17.6 Å². The number of hydrogen-bond donors (Lipinski definition) is 1. The summed E-state index contributed by atoms with van der Waals surface area (Å²) in [4.78, 5) is 22.9. The number of nitrogens with zero attached hydrogens (tertiary/aromatic N) is 3. The Morgan fingerprint density at radius 2 is 1.86 bits per heavy atom. The lowest BCUT2D eigenvalue weighted by molar-refractivity contribution is 0.0696. The highest BCUT2D eigenvalue weighted by Gasteiger charge is 2.25. The van der Waals surface area contributed by atoms with E-state index in [0.717, 1.165) is 43.5 Å². The number of hydrogen-bond acceptors (Lipinski definition) is 4. The van der Waals surface area contributed by atoms with Crippen LogP contribution in [-0.4, -0.2) is 34.1 Å². The summed E-state index contributed by atoms with van der Waals surface area (Å²) in [7, 11) is 0. The molecule has 0 atom stereocenters. The maximum atomic E-state index is 11.8. The maximum Gasteiger partial charge on any atom is 0.341 e. The Morgan fingerprint density at radius 3 is 2.55 bits per heavy atom. The van der Waals surface area contributed by atoms with Gasteiger partial charge in [0.05, 0.1) is 0 Å². The van der Waals surface area contributed by atoms with Crippen LogP contribution in [-0.2, 0) is 6.42 Å². The molecular formula is C24H25N3O2. The zero-order valence-electron chi connectivity index (χ0n) is 16.6. The van der Waals surface area contributed by atoms with Crippen molar-refractivity contribution < 1.29 is 9.90 Å². The summed E-state index contributed by atoms with van der Waals surface area (Å²) in [6.45, 7) is 3.64. The van der Waals surface area contributed by atoms with Crippen molar-refractivity contribution >= 4 is 11.8 Å². The average Bonchev–Trinajstić information content (AvgIpc) is 2.74. The number of rotatable bonds is 5. The Labute approximate surface area is 171 Å². The summed E-state index contributed by atoms with van der Waals surface area (Å²) in [5, 5.41) is 9.64. The Morgan fingerprint density at radius 1 is 1.10 bits per heavy atom. The van der Waals surface area contributed by atoms with Crippen molar-refractivity contribution in [2.24, 2.45) is 5.92 Å². The van der Waals surface area contributed by atoms with Gasteiger partial charge < -0.3 is 10.0 Å². The first-order valence-corrected chi connectivity index (χ1v) is 10.1. The minimum atomic E-state index is -0.984. The molecule has 0 bridgehead atoms. The second kappa shape index (κ2) is 8.43. The lowest BCUT2D eigenvalue weighted by Gasteiger charge is -2.33. The van der Waals surface area contributed by atoms with Crippen LogP contribution in [0.2, 0.25) is 0 Å². The summed E-state index contributed by atoms with van der Waals surface area (Å²) in [5.74, 6) is 0.726. The molecule has 0 aliphatic carbocycles. The molecule has 1 aliphatic heterocycles. The maximum absolute atomic E-state index is 11.8. The number of aryl methyl sites for hydroxylation is 1. The summed E-state index contributed by atoms with van der Waals surface area (Å²) in [5.41, 5.74) is 3.56. The number of benzene rings is 2. The molecule has 2 aromatic carbocycles. The molecule has 0 spiro atoms. The zero-order chi connectivity index (χ0) is 20.2. The van der Waals surface area contributed by atoms with Gasteiger partial charge in [-0.1, -0.05) is 54.1 Å². The number of anilines is 1. The second-order valence-electron chi connectivity index (χ2n) is 7.73. The normalized spacial score (nSPS) is 14.7. The van der Waals surface area contributed by atoms with Gasteiger partial charge in [-0.15, -0.1) is 0 Å². The van der Waals surface area contributed by atoms with Crippen LogP contribution in [0.4, 0.5) is 5.82 Å². The van der Waals surface area contributed by atoms with Gasteiger partial charge in [0.2, 0.25) is 0 Å². The van der Waals surface area contributed by atoms with E-state index in [4.69, 9.17) is 0 Å². The molecule has 5 heteroatoms. The molecule has 148 valence electrons. The van der Waals surface area contributed by atoms with Crippen LogP contribution in [0.15, 0.2) is 60.8 Å². The predicted octanol–water partition coefficient (Wildman–Crippen LogP) is 4.61. The van der Waals surface area contributed by atoms with E-state index in [1.165, 1.54) is 11.8 Å². The monoisotopic (exact) mass is 387 g/mol. The smallest absolute Gasteiger partial charge is 0.341 e. The quantitative estimate of drug-likeness (QED) is 0.692. The van der Waals surface area contributed by atoms with Crippen LogP contribution >= 0.6 is 0 Å². The molecule has 5 nitrogen and oxygen atoms in total. The van der Waals surface area contributed by atoms with Crippen LogP contribution in [0, 0.1) is 12.8 Å². The summed E-state index contributed by atoms with van der Waals surface area (Å²) in [6, 6.07) is 18.5. The van der Waals surface area contributed by atoms with E-state index in [2.05, 4.69) is 39.1 Å². The lowest BCUT2D eigenvalue weighted by Crippen LogP contribution is -2.36. The molecule has 1 N–H and O–H groups in total. The van der Waals surface area contributed by atoms with Crippen molar-refractivity contribution in [1.29, 1.82) is 0 Å². The first-order valence-electron chi connectivity index (χ1n) is 10.1. The highest BCUT2D eigenvalue weighted by molar-refractivity contribution is 5.93. The van der Waals surface area contributed by atoms with Crippen LogP contribution < -0.4 is 4.90 Å². The Hall–Kier alpha value is -3.21. The highest BCUT2D eigenvalue weighted by Crippen LogP contribution is 2.28. The first-order chi connectivity index (χ1) is 14.1. The van der Waals surface area contributed by atoms with Gasteiger partial charge in [0.15, 0.2) is 5.82 Å². The van der Waals surface area contributed by atoms with E-state index in [1.807, 2.05) is 37.3 Å². The molecule has 1 fully saturated rings. The van der Waals surface area contributed by atoms with Gasteiger partial charge >= 0.3 is 5.97 Å². The number of aromatic carboxylic acids is 1. The standard InChI is InChI=1S/C24H25N3O2/c1-17-6-5-9-20(14-17)22-25-16-21(24(28)29)23(26-22)27-12-10-19(11-13-27)15-18-7-3-2-4-8-18/h2-9,14,16,19H,10-13,15H2,1H3,(H,28,29). The van der Waals surface area contributed by atoms with Gasteiger partial charge in [-0.2, -0.15) is 0 Å². The summed E-state index contributed by atoms with van der Waals surface area (Å²) < 4.78 is 0. The van der Waals surface area contributed by atoms with Gasteiger partial charge in [0.25, 0.3) is 0 Å². The summed E-state index contributed by atoms with van der Waals surface area (Å²) >= 11 is 0. The number of carboxylic acid groups (broad SMARTS) is 1. The van der Waals surface area contributed by atoms with E-state index < -0.39 is 5.97 Å². The average molecular weight is 387 g/mol. The Kier molecular flexibility index (Phi) is 5.56. The largest absolute Gasteiger partial charge is 0.477 e. The second-order valence-corrected chi connectivity index (χ2v) is 7.73. The molecule has 3 aromatic rings. The van der Waals surface area contributed by atoms with Crippen LogP contribution in [0.1, 0.15) is 34.3 Å². The number of carbonyl (C=O) groups is 1. The van der Waals surface area contributed by atoms with Gasteiger partial charge in [-0.3, -0.25) is 0 Å². The van der Waals surface area contributed by atoms with Crippen molar-refractivity contribution in [3.8, 4) is 11.4 Å². The topological polar surface area (TPSA) is 66.3 Å². The SMILES string of the molecule is Cc1cccc(-c2ncc(C(=O)O)c(N3CCC(Cc4ccccc4)CC3)n2)c1. The Balaban J connectivity index is 1.54. The van der Waals surface area contributed by atoms with E-state index in [-0.39, 0.29) is 5.56 Å². The van der Waals surface area contributed by atoms with Crippen molar-refractivity contribution in [2.75, 3.05) is 18.0 Å². The van der Waals surface area contributed by atoms with Crippen molar-refractivity contribution in [1.82, 2.24) is 9.97 Å². The molecule has 0 unspecified atom stereocenters. The molecule has 1 aliphatic rings. The minimum Gasteiger partial charge on any atom is -0.477 e. The van der Waals surface area contributed by atoms with Crippen molar-refractivity contribution in [3.05, 3.63) is 77.5 Å². The molecule has 0 radical (unpaired) electrons. The van der Waals surface area contributed by atoms with Gasteiger partial charge in [0, 0.05) is 24.8 Å². The molecule has 0 amide bonds. The zero-order valence-corrected chi connectivity index (χ0v) is 16.6. The molecule has 29 heavy (non-hydrogen) atoms. The van der Waals surface area contributed by atoms with Gasteiger partial charge in [-0.25, -0.2) is 14.8 Å². The third-order valence-corrected chi connectivity index (χ3v) is 5.56. The minimum absolute atomic E-state index is 0.169. The molecule has 1 aromatic heterocycles. The van der Waals surface area contributed by atoms with Gasteiger partial charge in [-0.05, 0) is 43.7 Å². The fourth-order valence-electron chi connectivity index (χ4n) is 3.98. The fourth-order valence-corrected chi connectivity index (χ4v) is 3.98. The number of carboxylic acids is 1. The fraction of sp³-hybridized carbons (Fsp3) is 0.292. The third-order valence-electron chi connectivity index (χ3n) is 5.56. The number of aromatic nitrogens is 2. The van der Waals surface area contributed by atoms with E-state index in [9.17, 15) is 9.90 Å². The first kappa shape index (κ1) is 19.1. The molecule has 1 saturated heterocycles. The number of piperidine rings is 1. The third kappa shape index (κ3) is 4.45. The van der Waals surface area contributed by atoms with E-state index >= 15 is 0 Å². The lowest BCUT2D eigenvalue weighted by atomic mass is 9.90. The van der Waals surface area contributed by atoms with Crippen LogP contribution in [0.3, 0.4) is 0 Å². The van der Waals surface area contributed by atoms with Gasteiger partial charge in [0.1, 0.15) is 11.4 Å².